The number of benzene rings is 1. The van der Waals surface area contributed by atoms with Gasteiger partial charge in [0.2, 0.25) is 11.8 Å². The summed E-state index contributed by atoms with van der Waals surface area (Å²) in [4.78, 5) is 28.9. The summed E-state index contributed by atoms with van der Waals surface area (Å²) in [7, 11) is 0. The van der Waals surface area contributed by atoms with E-state index in [0.29, 0.717) is 13.0 Å². The molecule has 126 valence electrons. The maximum atomic E-state index is 12.7. The Kier molecular flexibility index (Phi) is 6.42. The molecular formula is C17H24ClN3O2. The van der Waals surface area contributed by atoms with E-state index < -0.39 is 0 Å². The zero-order valence-electron chi connectivity index (χ0n) is 13.2. The molecule has 23 heavy (non-hydrogen) atoms. The van der Waals surface area contributed by atoms with Gasteiger partial charge < -0.3 is 15.1 Å². The van der Waals surface area contributed by atoms with Crippen molar-refractivity contribution in [1.82, 2.24) is 15.1 Å². The first-order valence-corrected chi connectivity index (χ1v) is 8.08. The number of piperazine rings is 1. The summed E-state index contributed by atoms with van der Waals surface area (Å²) in [6.07, 6.45) is 2.10. The molecule has 1 unspecified atom stereocenters. The van der Waals surface area contributed by atoms with Gasteiger partial charge in [0.25, 0.3) is 0 Å². The van der Waals surface area contributed by atoms with Gasteiger partial charge >= 0.3 is 0 Å². The fourth-order valence-electron chi connectivity index (χ4n) is 3.29. The molecular weight excluding hydrogens is 314 g/mol. The third kappa shape index (κ3) is 4.24. The Morgan fingerprint density at radius 2 is 1.78 bits per heavy atom. The Morgan fingerprint density at radius 1 is 1.09 bits per heavy atom. The van der Waals surface area contributed by atoms with Crippen LogP contribution < -0.4 is 5.32 Å². The lowest BCUT2D eigenvalue weighted by molar-refractivity contribution is -0.143. The summed E-state index contributed by atoms with van der Waals surface area (Å²) in [6, 6.07) is 9.49. The Morgan fingerprint density at radius 3 is 2.48 bits per heavy atom. The molecule has 1 N–H and O–H groups in total. The van der Waals surface area contributed by atoms with Crippen LogP contribution in [0.25, 0.3) is 0 Å². The van der Waals surface area contributed by atoms with Crippen molar-refractivity contribution in [3.63, 3.8) is 0 Å². The van der Waals surface area contributed by atoms with Gasteiger partial charge in [0.1, 0.15) is 6.04 Å². The number of rotatable bonds is 3. The van der Waals surface area contributed by atoms with Crippen LogP contribution in [0.2, 0.25) is 0 Å². The molecule has 6 heteroatoms. The number of nitrogens with one attached hydrogen (secondary N) is 1. The van der Waals surface area contributed by atoms with Gasteiger partial charge in [-0.15, -0.1) is 12.4 Å². The molecule has 0 radical (unpaired) electrons. The van der Waals surface area contributed by atoms with Gasteiger partial charge in [-0.25, -0.2) is 0 Å². The average Bonchev–Trinajstić information content (AvgIpc) is 3.05. The van der Waals surface area contributed by atoms with E-state index in [0.717, 1.165) is 44.6 Å². The van der Waals surface area contributed by atoms with Crippen LogP contribution in [0.15, 0.2) is 30.3 Å². The number of amides is 2. The molecule has 0 saturated carbocycles. The molecule has 1 aromatic carbocycles. The van der Waals surface area contributed by atoms with Crippen molar-refractivity contribution < 1.29 is 9.59 Å². The van der Waals surface area contributed by atoms with Crippen molar-refractivity contribution in [2.45, 2.75) is 25.3 Å². The van der Waals surface area contributed by atoms with Crippen molar-refractivity contribution in [3.8, 4) is 0 Å². The largest absolute Gasteiger partial charge is 0.338 e. The van der Waals surface area contributed by atoms with Gasteiger partial charge in [0.05, 0.1) is 6.42 Å². The number of nitrogens with zero attached hydrogens (tertiary/aromatic N) is 2. The van der Waals surface area contributed by atoms with Gasteiger partial charge in [0, 0.05) is 32.7 Å². The molecule has 0 bridgehead atoms. The number of hydrogen-bond donors (Lipinski definition) is 1. The fourth-order valence-corrected chi connectivity index (χ4v) is 3.29. The summed E-state index contributed by atoms with van der Waals surface area (Å²) in [5.41, 5.74) is 1.01. The second-order valence-corrected chi connectivity index (χ2v) is 5.98. The first-order chi connectivity index (χ1) is 10.8. The van der Waals surface area contributed by atoms with E-state index in [1.165, 1.54) is 0 Å². The predicted molar refractivity (Wildman–Crippen MR) is 91.6 cm³/mol. The van der Waals surface area contributed by atoms with Crippen LogP contribution in [-0.4, -0.2) is 60.4 Å². The number of carbonyl (C=O) groups is 2. The van der Waals surface area contributed by atoms with E-state index in [-0.39, 0.29) is 30.3 Å². The minimum atomic E-state index is -0.255. The van der Waals surface area contributed by atoms with Crippen molar-refractivity contribution >= 4 is 24.2 Å². The zero-order chi connectivity index (χ0) is 15.4. The quantitative estimate of drug-likeness (QED) is 0.897. The van der Waals surface area contributed by atoms with Crippen LogP contribution in [-0.2, 0) is 16.0 Å². The lowest BCUT2D eigenvalue weighted by Gasteiger charge is -2.33. The lowest BCUT2D eigenvalue weighted by Crippen LogP contribution is -2.53. The first kappa shape index (κ1) is 17.8. The highest BCUT2D eigenvalue weighted by Crippen LogP contribution is 2.21. The molecule has 3 rings (SSSR count). The first-order valence-electron chi connectivity index (χ1n) is 8.08. The normalized spacial score (nSPS) is 21.0. The molecule has 1 atom stereocenters. The molecule has 2 amide bonds. The topological polar surface area (TPSA) is 52.7 Å². The maximum absolute atomic E-state index is 12.7. The summed E-state index contributed by atoms with van der Waals surface area (Å²) in [5.74, 6) is 0.192. The molecule has 5 nitrogen and oxygen atoms in total. The van der Waals surface area contributed by atoms with Gasteiger partial charge in [-0.2, -0.15) is 0 Å². The third-order valence-electron chi connectivity index (χ3n) is 4.49. The summed E-state index contributed by atoms with van der Waals surface area (Å²) < 4.78 is 0. The molecule has 0 aliphatic carbocycles. The van der Waals surface area contributed by atoms with Gasteiger partial charge in [-0.1, -0.05) is 30.3 Å². The third-order valence-corrected chi connectivity index (χ3v) is 4.49. The van der Waals surface area contributed by atoms with Crippen LogP contribution >= 0.6 is 12.4 Å². The SMILES string of the molecule is Cl.O=C(C1CCCN1C(=O)Cc1ccccc1)N1CCNCC1. The van der Waals surface area contributed by atoms with Gasteiger partial charge in [0.15, 0.2) is 0 Å². The highest BCUT2D eigenvalue weighted by atomic mass is 35.5. The molecule has 2 aliphatic rings. The molecule has 2 saturated heterocycles. The molecule has 1 aromatic rings. The van der Waals surface area contributed by atoms with Gasteiger partial charge in [-0.3, -0.25) is 9.59 Å². The Hall–Kier alpha value is -1.59. The van der Waals surface area contributed by atoms with Crippen LogP contribution in [0.4, 0.5) is 0 Å². The van der Waals surface area contributed by atoms with Crippen molar-refractivity contribution in [1.29, 1.82) is 0 Å². The molecule has 2 aliphatic heterocycles. The van der Waals surface area contributed by atoms with E-state index in [2.05, 4.69) is 5.32 Å². The summed E-state index contributed by atoms with van der Waals surface area (Å²) >= 11 is 0. The highest BCUT2D eigenvalue weighted by molar-refractivity contribution is 5.89. The standard InChI is InChI=1S/C17H23N3O2.ClH/c21-16(13-14-5-2-1-3-6-14)20-10-4-7-15(20)17(22)19-11-8-18-9-12-19;/h1-3,5-6,15,18H,4,7-13H2;1H. The number of likely N-dealkylation sites (tertiary alicyclic amines) is 1. The van der Waals surface area contributed by atoms with Crippen LogP contribution in [0.1, 0.15) is 18.4 Å². The maximum Gasteiger partial charge on any atom is 0.245 e. The van der Waals surface area contributed by atoms with Gasteiger partial charge in [-0.05, 0) is 18.4 Å². The molecule has 2 heterocycles. The van der Waals surface area contributed by atoms with E-state index >= 15 is 0 Å². The van der Waals surface area contributed by atoms with Crippen LogP contribution in [0.3, 0.4) is 0 Å². The average molecular weight is 338 g/mol. The Bertz CT molecular complexity index is 532. The van der Waals surface area contributed by atoms with E-state index in [1.54, 1.807) is 4.90 Å². The number of hydrogen-bond acceptors (Lipinski definition) is 3. The van der Waals surface area contributed by atoms with Crippen molar-refractivity contribution in [3.05, 3.63) is 35.9 Å². The smallest absolute Gasteiger partial charge is 0.245 e. The Balaban J connectivity index is 0.00000192. The molecule has 0 aromatic heterocycles. The number of carbonyl (C=O) groups excluding carboxylic acids is 2. The fraction of sp³-hybridized carbons (Fsp3) is 0.529. The van der Waals surface area contributed by atoms with Crippen LogP contribution in [0, 0.1) is 0 Å². The van der Waals surface area contributed by atoms with Crippen LogP contribution in [0.5, 0.6) is 0 Å². The van der Waals surface area contributed by atoms with Crippen molar-refractivity contribution in [2.75, 3.05) is 32.7 Å². The monoisotopic (exact) mass is 337 g/mol. The van der Waals surface area contributed by atoms with Crippen molar-refractivity contribution in [2.24, 2.45) is 0 Å². The summed E-state index contributed by atoms with van der Waals surface area (Å²) in [6.45, 7) is 3.88. The summed E-state index contributed by atoms with van der Waals surface area (Å²) in [5, 5.41) is 3.25. The molecule has 0 spiro atoms. The molecule has 2 fully saturated rings. The highest BCUT2D eigenvalue weighted by Gasteiger charge is 2.36. The van der Waals surface area contributed by atoms with E-state index in [9.17, 15) is 9.59 Å². The second kappa shape index (κ2) is 8.31. The minimum Gasteiger partial charge on any atom is -0.338 e. The predicted octanol–water partition coefficient (Wildman–Crippen LogP) is 1.07. The van der Waals surface area contributed by atoms with E-state index in [1.807, 2.05) is 35.2 Å². The second-order valence-electron chi connectivity index (χ2n) is 5.98. The van der Waals surface area contributed by atoms with E-state index in [4.69, 9.17) is 0 Å². The zero-order valence-corrected chi connectivity index (χ0v) is 14.1. The number of halogens is 1. The Labute approximate surface area is 143 Å². The minimum absolute atomic E-state index is 0. The lowest BCUT2D eigenvalue weighted by atomic mass is 10.1.